The van der Waals surface area contributed by atoms with Crippen LogP contribution in [-0.4, -0.2) is 50.6 Å². The Morgan fingerprint density at radius 1 is 1.25 bits per heavy atom. The van der Waals surface area contributed by atoms with Crippen molar-refractivity contribution in [3.05, 3.63) is 35.2 Å². The molecule has 1 aromatic carbocycles. The SMILES string of the molecule is CC(=O)SC(C(=O)c1cc2ccccc2s1)C(C)C(=O)N1CCC[C@H]1C(=O)O. The summed E-state index contributed by atoms with van der Waals surface area (Å²) in [7, 11) is 0. The molecular formula is C20H21NO5S2. The Bertz CT molecular complexity index is 905. The van der Waals surface area contributed by atoms with Crippen LogP contribution in [0.4, 0.5) is 0 Å². The molecular weight excluding hydrogens is 398 g/mol. The van der Waals surface area contributed by atoms with E-state index in [9.17, 15) is 24.3 Å². The van der Waals surface area contributed by atoms with Crippen molar-refractivity contribution < 1.29 is 24.3 Å². The van der Waals surface area contributed by atoms with Gasteiger partial charge in [0.1, 0.15) is 6.04 Å². The van der Waals surface area contributed by atoms with Gasteiger partial charge in [0.25, 0.3) is 0 Å². The molecule has 1 N–H and O–H groups in total. The van der Waals surface area contributed by atoms with Gasteiger partial charge in [0.05, 0.1) is 16.0 Å². The van der Waals surface area contributed by atoms with E-state index in [-0.39, 0.29) is 10.9 Å². The average Bonchev–Trinajstić information content (AvgIpc) is 3.30. The minimum Gasteiger partial charge on any atom is -0.480 e. The summed E-state index contributed by atoms with van der Waals surface area (Å²) >= 11 is 2.17. The smallest absolute Gasteiger partial charge is 0.326 e. The van der Waals surface area contributed by atoms with E-state index < -0.39 is 29.1 Å². The normalized spacial score (nSPS) is 18.8. The van der Waals surface area contributed by atoms with Gasteiger partial charge in [0, 0.05) is 18.2 Å². The highest BCUT2D eigenvalue weighted by molar-refractivity contribution is 8.14. The van der Waals surface area contributed by atoms with Crippen LogP contribution in [0.1, 0.15) is 36.4 Å². The quantitative estimate of drug-likeness (QED) is 0.721. The summed E-state index contributed by atoms with van der Waals surface area (Å²) < 4.78 is 0.960. The molecule has 2 unspecified atom stereocenters. The highest BCUT2D eigenvalue weighted by Crippen LogP contribution is 2.33. The van der Waals surface area contributed by atoms with Crippen molar-refractivity contribution in [2.45, 2.75) is 38.0 Å². The zero-order valence-corrected chi connectivity index (χ0v) is 17.2. The summed E-state index contributed by atoms with van der Waals surface area (Å²) in [4.78, 5) is 51.2. The van der Waals surface area contributed by atoms with Crippen molar-refractivity contribution in [3.63, 3.8) is 0 Å². The predicted molar refractivity (Wildman–Crippen MR) is 110 cm³/mol. The van der Waals surface area contributed by atoms with Gasteiger partial charge in [-0.2, -0.15) is 0 Å². The Morgan fingerprint density at radius 3 is 2.61 bits per heavy atom. The van der Waals surface area contributed by atoms with Gasteiger partial charge in [0.15, 0.2) is 10.9 Å². The van der Waals surface area contributed by atoms with Crippen LogP contribution in [0.5, 0.6) is 0 Å². The molecule has 28 heavy (non-hydrogen) atoms. The zero-order chi connectivity index (χ0) is 20.4. The fourth-order valence-corrected chi connectivity index (χ4v) is 5.51. The Hall–Kier alpha value is -2.19. The monoisotopic (exact) mass is 419 g/mol. The fourth-order valence-electron chi connectivity index (χ4n) is 3.48. The van der Waals surface area contributed by atoms with Crippen LogP contribution in [-0.2, 0) is 14.4 Å². The third-order valence-electron chi connectivity index (χ3n) is 4.88. The third kappa shape index (κ3) is 4.12. The summed E-state index contributed by atoms with van der Waals surface area (Å²) in [5.41, 5.74) is 0. The molecule has 3 rings (SSSR count). The second kappa shape index (κ2) is 8.45. The summed E-state index contributed by atoms with van der Waals surface area (Å²) in [5.74, 6) is -2.50. The van der Waals surface area contributed by atoms with E-state index in [0.717, 1.165) is 21.8 Å². The number of amides is 1. The summed E-state index contributed by atoms with van der Waals surface area (Å²) in [6, 6.07) is 8.52. The van der Waals surface area contributed by atoms with Crippen LogP contribution < -0.4 is 0 Å². The van der Waals surface area contributed by atoms with E-state index in [1.807, 2.05) is 24.3 Å². The number of fused-ring (bicyclic) bond motifs is 1. The number of likely N-dealkylation sites (tertiary alicyclic amines) is 1. The number of carboxylic acids is 1. The Morgan fingerprint density at radius 2 is 1.96 bits per heavy atom. The van der Waals surface area contributed by atoms with E-state index >= 15 is 0 Å². The van der Waals surface area contributed by atoms with Crippen molar-refractivity contribution in [1.82, 2.24) is 4.90 Å². The van der Waals surface area contributed by atoms with Gasteiger partial charge in [-0.1, -0.05) is 36.9 Å². The molecule has 1 saturated heterocycles. The third-order valence-corrected chi connectivity index (χ3v) is 7.22. The minimum absolute atomic E-state index is 0.254. The van der Waals surface area contributed by atoms with Gasteiger partial charge in [-0.25, -0.2) is 4.79 Å². The van der Waals surface area contributed by atoms with Gasteiger partial charge in [-0.3, -0.25) is 14.4 Å². The maximum absolute atomic E-state index is 13.2. The molecule has 1 aliphatic rings. The number of carbonyl (C=O) groups is 4. The number of hydrogen-bond acceptors (Lipinski definition) is 6. The number of thiophene rings is 1. The van der Waals surface area contributed by atoms with E-state index in [1.54, 1.807) is 13.0 Å². The molecule has 6 nitrogen and oxygen atoms in total. The molecule has 8 heteroatoms. The Labute approximate surface area is 170 Å². The Kier molecular flexibility index (Phi) is 6.20. The molecule has 1 aliphatic heterocycles. The first-order valence-corrected chi connectivity index (χ1v) is 10.7. The van der Waals surface area contributed by atoms with Crippen LogP contribution in [0.25, 0.3) is 10.1 Å². The lowest BCUT2D eigenvalue weighted by molar-refractivity contribution is -0.149. The molecule has 1 fully saturated rings. The molecule has 0 radical (unpaired) electrons. The second-order valence-corrected chi connectivity index (χ2v) is 9.26. The number of aliphatic carboxylic acids is 1. The molecule has 1 aromatic heterocycles. The number of nitrogens with zero attached hydrogens (tertiary/aromatic N) is 1. The van der Waals surface area contributed by atoms with Gasteiger partial charge < -0.3 is 10.0 Å². The average molecular weight is 420 g/mol. The van der Waals surface area contributed by atoms with E-state index in [1.165, 1.54) is 23.2 Å². The van der Waals surface area contributed by atoms with Crippen molar-refractivity contribution in [1.29, 1.82) is 0 Å². The van der Waals surface area contributed by atoms with Gasteiger partial charge in [0.2, 0.25) is 5.91 Å². The maximum Gasteiger partial charge on any atom is 0.326 e. The maximum atomic E-state index is 13.2. The zero-order valence-electron chi connectivity index (χ0n) is 15.6. The first-order chi connectivity index (χ1) is 13.3. The summed E-state index contributed by atoms with van der Waals surface area (Å²) in [5, 5.41) is 9.15. The van der Waals surface area contributed by atoms with Crippen LogP contribution in [0, 0.1) is 5.92 Å². The first kappa shape index (κ1) is 20.5. The molecule has 3 atom stereocenters. The number of benzene rings is 1. The molecule has 148 valence electrons. The lowest BCUT2D eigenvalue weighted by Crippen LogP contribution is -2.46. The van der Waals surface area contributed by atoms with Crippen LogP contribution in [0.3, 0.4) is 0 Å². The molecule has 1 amide bonds. The van der Waals surface area contributed by atoms with Crippen molar-refractivity contribution >= 4 is 56.0 Å². The van der Waals surface area contributed by atoms with Crippen LogP contribution in [0.2, 0.25) is 0 Å². The predicted octanol–water partition coefficient (Wildman–Crippen LogP) is 3.44. The number of thioether (sulfide) groups is 1. The van der Waals surface area contributed by atoms with E-state index in [0.29, 0.717) is 24.3 Å². The summed E-state index contributed by atoms with van der Waals surface area (Å²) in [6.45, 7) is 3.32. The van der Waals surface area contributed by atoms with E-state index in [2.05, 4.69) is 0 Å². The van der Waals surface area contributed by atoms with Crippen molar-refractivity contribution in [2.24, 2.45) is 5.92 Å². The fraction of sp³-hybridized carbons (Fsp3) is 0.400. The van der Waals surface area contributed by atoms with Gasteiger partial charge in [-0.15, -0.1) is 11.3 Å². The molecule has 0 spiro atoms. The minimum atomic E-state index is -1.04. The number of Topliss-reactive ketones (excluding diaryl/α,β-unsaturated/α-hetero) is 1. The molecule has 0 aliphatic carbocycles. The number of ketones is 1. The van der Waals surface area contributed by atoms with Gasteiger partial charge >= 0.3 is 5.97 Å². The number of carbonyl (C=O) groups excluding carboxylic acids is 3. The highest BCUT2D eigenvalue weighted by Gasteiger charge is 2.41. The molecule has 0 bridgehead atoms. The molecule has 2 aromatic rings. The van der Waals surface area contributed by atoms with E-state index in [4.69, 9.17) is 0 Å². The second-order valence-electron chi connectivity index (χ2n) is 6.86. The Balaban J connectivity index is 1.88. The topological polar surface area (TPSA) is 91.8 Å². The summed E-state index contributed by atoms with van der Waals surface area (Å²) in [6.07, 6.45) is 1.02. The van der Waals surface area contributed by atoms with Gasteiger partial charge in [-0.05, 0) is 30.4 Å². The largest absolute Gasteiger partial charge is 0.480 e. The standard InChI is InChI=1S/C20H21NO5S2/c1-11(19(24)21-9-5-7-14(21)20(25)26)18(27-12(2)22)17(23)16-10-13-6-3-4-8-15(13)28-16/h3-4,6,8,10-11,14,18H,5,7,9H2,1-2H3,(H,25,26)/t11?,14-,18?/m0/s1. The van der Waals surface area contributed by atoms with Crippen molar-refractivity contribution in [2.75, 3.05) is 6.54 Å². The number of carboxylic acid groups (broad SMARTS) is 1. The first-order valence-electron chi connectivity index (χ1n) is 9.03. The lowest BCUT2D eigenvalue weighted by atomic mass is 10.0. The van der Waals surface area contributed by atoms with Crippen LogP contribution in [0.15, 0.2) is 30.3 Å². The van der Waals surface area contributed by atoms with Crippen molar-refractivity contribution in [3.8, 4) is 0 Å². The highest BCUT2D eigenvalue weighted by atomic mass is 32.2. The molecule has 0 saturated carbocycles. The van der Waals surface area contributed by atoms with Crippen LogP contribution >= 0.6 is 23.1 Å². The number of rotatable bonds is 6. The lowest BCUT2D eigenvalue weighted by Gasteiger charge is -2.28. The molecule has 2 heterocycles. The number of hydrogen-bond donors (Lipinski definition) is 1.